The highest BCUT2D eigenvalue weighted by Gasteiger charge is 2.22. The van der Waals surface area contributed by atoms with E-state index in [2.05, 4.69) is 16.5 Å². The molecule has 1 aliphatic rings. The fraction of sp³-hybridized carbons (Fsp3) is 0.538. The van der Waals surface area contributed by atoms with Gasteiger partial charge in [-0.2, -0.15) is 5.10 Å². The van der Waals surface area contributed by atoms with Crippen LogP contribution < -0.4 is 0 Å². The summed E-state index contributed by atoms with van der Waals surface area (Å²) < 4.78 is 3.14. The molecular weight excluding hydrogens is 232 g/mol. The highest BCUT2D eigenvalue weighted by atomic mass is 32.1. The molecule has 1 fully saturated rings. The number of aldehydes is 1. The summed E-state index contributed by atoms with van der Waals surface area (Å²) in [5.41, 5.74) is 2.36. The van der Waals surface area contributed by atoms with Crippen LogP contribution in [0, 0.1) is 0 Å². The molecule has 3 nitrogen and oxygen atoms in total. The number of nitrogens with zero attached hydrogens (tertiary/aromatic N) is 2. The van der Waals surface area contributed by atoms with E-state index in [9.17, 15) is 4.79 Å². The minimum atomic E-state index is 0.375. The fourth-order valence-electron chi connectivity index (χ4n) is 2.78. The van der Waals surface area contributed by atoms with Gasteiger partial charge in [0, 0.05) is 5.92 Å². The topological polar surface area (TPSA) is 34.9 Å². The number of aromatic nitrogens is 2. The molecule has 1 aliphatic carbocycles. The standard InChI is InChI=1S/C13H16N2OS/c16-8-7-15-11-6-9-17-13(11)12(14-15)10-4-2-1-3-5-10/h6,8-10H,1-5,7H2. The largest absolute Gasteiger partial charge is 0.301 e. The molecule has 0 N–H and O–H groups in total. The lowest BCUT2D eigenvalue weighted by Crippen LogP contribution is -2.07. The highest BCUT2D eigenvalue weighted by Crippen LogP contribution is 2.37. The summed E-state index contributed by atoms with van der Waals surface area (Å²) in [6.07, 6.45) is 7.43. The van der Waals surface area contributed by atoms with Crippen LogP contribution in [0.15, 0.2) is 11.4 Å². The summed E-state index contributed by atoms with van der Waals surface area (Å²) in [5.74, 6) is 0.609. The maximum atomic E-state index is 10.7. The van der Waals surface area contributed by atoms with Crippen molar-refractivity contribution in [3.8, 4) is 0 Å². The van der Waals surface area contributed by atoms with E-state index < -0.39 is 0 Å². The minimum Gasteiger partial charge on any atom is -0.301 e. The summed E-state index contributed by atoms with van der Waals surface area (Å²) in [4.78, 5) is 10.7. The van der Waals surface area contributed by atoms with Crippen LogP contribution in [0.3, 0.4) is 0 Å². The van der Waals surface area contributed by atoms with Gasteiger partial charge in [-0.05, 0) is 24.3 Å². The predicted octanol–water partition coefficient (Wildman–Crippen LogP) is 3.34. The summed E-state index contributed by atoms with van der Waals surface area (Å²) >= 11 is 1.76. The van der Waals surface area contributed by atoms with Crippen molar-refractivity contribution in [2.75, 3.05) is 0 Å². The lowest BCUT2D eigenvalue weighted by atomic mass is 9.87. The van der Waals surface area contributed by atoms with E-state index in [-0.39, 0.29) is 0 Å². The van der Waals surface area contributed by atoms with Gasteiger partial charge in [0.2, 0.25) is 0 Å². The van der Waals surface area contributed by atoms with E-state index in [1.165, 1.54) is 42.5 Å². The lowest BCUT2D eigenvalue weighted by Gasteiger charge is -2.19. The second kappa shape index (κ2) is 4.61. The van der Waals surface area contributed by atoms with Crippen molar-refractivity contribution in [3.05, 3.63) is 17.1 Å². The molecule has 0 amide bonds. The zero-order chi connectivity index (χ0) is 11.7. The molecule has 17 heavy (non-hydrogen) atoms. The van der Waals surface area contributed by atoms with Crippen molar-refractivity contribution < 1.29 is 4.79 Å². The van der Waals surface area contributed by atoms with Crippen LogP contribution >= 0.6 is 11.3 Å². The first kappa shape index (κ1) is 11.0. The Labute approximate surface area is 104 Å². The van der Waals surface area contributed by atoms with E-state index in [0.717, 1.165) is 11.8 Å². The number of hydrogen-bond acceptors (Lipinski definition) is 3. The molecule has 0 aliphatic heterocycles. The molecule has 0 aromatic carbocycles. The zero-order valence-electron chi connectivity index (χ0n) is 9.76. The first-order valence-electron chi connectivity index (χ1n) is 6.27. The van der Waals surface area contributed by atoms with Gasteiger partial charge in [-0.1, -0.05) is 19.3 Å². The van der Waals surface area contributed by atoms with Gasteiger partial charge in [-0.3, -0.25) is 4.68 Å². The SMILES string of the molecule is O=CCn1nc(C2CCCCC2)c2sccc21. The molecule has 90 valence electrons. The van der Waals surface area contributed by atoms with E-state index in [0.29, 0.717) is 12.5 Å². The Bertz CT molecular complexity index is 522. The van der Waals surface area contributed by atoms with Gasteiger partial charge in [-0.25, -0.2) is 0 Å². The third-order valence-electron chi connectivity index (χ3n) is 3.62. The van der Waals surface area contributed by atoms with E-state index in [4.69, 9.17) is 0 Å². The molecule has 0 atom stereocenters. The van der Waals surface area contributed by atoms with Gasteiger partial charge in [-0.15, -0.1) is 11.3 Å². The second-order valence-corrected chi connectivity index (χ2v) is 5.62. The van der Waals surface area contributed by atoms with Crippen molar-refractivity contribution in [1.82, 2.24) is 9.78 Å². The molecule has 0 radical (unpaired) electrons. The summed E-state index contributed by atoms with van der Waals surface area (Å²) in [5, 5.41) is 6.76. The van der Waals surface area contributed by atoms with Crippen LogP contribution in [0.5, 0.6) is 0 Å². The second-order valence-electron chi connectivity index (χ2n) is 4.70. The van der Waals surface area contributed by atoms with Crippen LogP contribution in [0.25, 0.3) is 10.2 Å². The number of carbonyl (C=O) groups is 1. The Balaban J connectivity index is 2.02. The maximum Gasteiger partial charge on any atom is 0.141 e. The van der Waals surface area contributed by atoms with Crippen LogP contribution in [0.4, 0.5) is 0 Å². The third kappa shape index (κ3) is 1.90. The molecule has 2 aromatic heterocycles. The molecule has 4 heteroatoms. The van der Waals surface area contributed by atoms with E-state index >= 15 is 0 Å². The van der Waals surface area contributed by atoms with E-state index in [1.807, 2.05) is 4.68 Å². The Morgan fingerprint density at radius 3 is 3.00 bits per heavy atom. The highest BCUT2D eigenvalue weighted by molar-refractivity contribution is 7.17. The molecule has 0 saturated heterocycles. The first-order valence-corrected chi connectivity index (χ1v) is 7.15. The van der Waals surface area contributed by atoms with Crippen LogP contribution in [0.1, 0.15) is 43.7 Å². The molecule has 1 saturated carbocycles. The zero-order valence-corrected chi connectivity index (χ0v) is 10.6. The van der Waals surface area contributed by atoms with Crippen LogP contribution in [-0.4, -0.2) is 16.1 Å². The van der Waals surface area contributed by atoms with Crippen molar-refractivity contribution in [3.63, 3.8) is 0 Å². The molecule has 2 aromatic rings. The average molecular weight is 248 g/mol. The van der Waals surface area contributed by atoms with Gasteiger partial charge >= 0.3 is 0 Å². The van der Waals surface area contributed by atoms with Crippen molar-refractivity contribution in [1.29, 1.82) is 0 Å². The van der Waals surface area contributed by atoms with Crippen molar-refractivity contribution >= 4 is 27.8 Å². The lowest BCUT2D eigenvalue weighted by molar-refractivity contribution is -0.108. The van der Waals surface area contributed by atoms with Crippen molar-refractivity contribution in [2.45, 2.75) is 44.6 Å². The number of fused-ring (bicyclic) bond motifs is 1. The smallest absolute Gasteiger partial charge is 0.141 e. The number of hydrogen-bond donors (Lipinski definition) is 0. The Kier molecular flexibility index (Phi) is 2.97. The Hall–Kier alpha value is -1.16. The van der Waals surface area contributed by atoms with Gasteiger partial charge in [0.1, 0.15) is 6.29 Å². The molecule has 2 heterocycles. The van der Waals surface area contributed by atoms with Gasteiger partial charge in [0.15, 0.2) is 0 Å². The van der Waals surface area contributed by atoms with Gasteiger partial charge < -0.3 is 4.79 Å². The fourth-order valence-corrected chi connectivity index (χ4v) is 3.74. The van der Waals surface area contributed by atoms with Crippen LogP contribution in [0.2, 0.25) is 0 Å². The monoisotopic (exact) mass is 248 g/mol. The van der Waals surface area contributed by atoms with Gasteiger partial charge in [0.25, 0.3) is 0 Å². The predicted molar refractivity (Wildman–Crippen MR) is 69.5 cm³/mol. The summed E-state index contributed by atoms with van der Waals surface area (Å²) in [6.45, 7) is 0.375. The van der Waals surface area contributed by atoms with Crippen molar-refractivity contribution in [2.24, 2.45) is 0 Å². The summed E-state index contributed by atoms with van der Waals surface area (Å²) in [7, 11) is 0. The number of rotatable bonds is 3. The molecule has 0 bridgehead atoms. The van der Waals surface area contributed by atoms with E-state index in [1.54, 1.807) is 11.3 Å². The molecule has 0 unspecified atom stereocenters. The number of carbonyl (C=O) groups excluding carboxylic acids is 1. The maximum absolute atomic E-state index is 10.7. The molecular formula is C13H16N2OS. The Morgan fingerprint density at radius 1 is 1.41 bits per heavy atom. The quantitative estimate of drug-likeness (QED) is 0.781. The van der Waals surface area contributed by atoms with Crippen LogP contribution in [-0.2, 0) is 11.3 Å². The molecule has 3 rings (SSSR count). The minimum absolute atomic E-state index is 0.375. The third-order valence-corrected chi connectivity index (χ3v) is 4.55. The molecule has 0 spiro atoms. The number of thiophene rings is 1. The Morgan fingerprint density at radius 2 is 2.24 bits per heavy atom. The first-order chi connectivity index (χ1) is 8.40. The average Bonchev–Trinajstić information content (AvgIpc) is 2.94. The van der Waals surface area contributed by atoms with Gasteiger partial charge in [0.05, 0.1) is 22.5 Å². The normalized spacial score (nSPS) is 17.6. The summed E-state index contributed by atoms with van der Waals surface area (Å²) in [6, 6.07) is 2.07.